The maximum Gasteiger partial charge on any atom is 0.409 e. The Morgan fingerprint density at radius 3 is 2.62 bits per heavy atom. The van der Waals surface area contributed by atoms with Crippen molar-refractivity contribution in [3.8, 4) is 0 Å². The molecule has 1 aromatic carbocycles. The van der Waals surface area contributed by atoms with E-state index in [1.165, 1.54) is 11.1 Å². The number of piperazine rings is 1. The van der Waals surface area contributed by atoms with Crippen LogP contribution in [0.4, 0.5) is 22.1 Å². The van der Waals surface area contributed by atoms with Crippen LogP contribution in [0.1, 0.15) is 18.1 Å². The summed E-state index contributed by atoms with van der Waals surface area (Å²) in [4.78, 5) is 24.4. The second-order valence-electron chi connectivity index (χ2n) is 6.38. The van der Waals surface area contributed by atoms with Crippen LogP contribution in [0.15, 0.2) is 30.6 Å². The fourth-order valence-electron chi connectivity index (χ4n) is 3.01. The third kappa shape index (κ3) is 4.22. The molecule has 1 aliphatic rings. The van der Waals surface area contributed by atoms with Gasteiger partial charge in [0.05, 0.1) is 6.61 Å². The Labute approximate surface area is 154 Å². The van der Waals surface area contributed by atoms with Crippen LogP contribution in [0.25, 0.3) is 0 Å². The van der Waals surface area contributed by atoms with Gasteiger partial charge < -0.3 is 19.9 Å². The SMILES string of the molecule is CCOC(=O)N1CCN(c2cc(Nc3ccc(C)cc3C)ncn2)CC1. The zero-order valence-corrected chi connectivity index (χ0v) is 15.5. The van der Waals surface area contributed by atoms with Crippen molar-refractivity contribution >= 4 is 23.4 Å². The van der Waals surface area contributed by atoms with Crippen LogP contribution in [0.5, 0.6) is 0 Å². The Morgan fingerprint density at radius 2 is 1.92 bits per heavy atom. The van der Waals surface area contributed by atoms with Gasteiger partial charge in [-0.2, -0.15) is 0 Å². The first-order valence-corrected chi connectivity index (χ1v) is 8.90. The molecule has 2 heterocycles. The smallest absolute Gasteiger partial charge is 0.409 e. The summed E-state index contributed by atoms with van der Waals surface area (Å²) in [6.07, 6.45) is 1.32. The lowest BCUT2D eigenvalue weighted by atomic mass is 10.1. The van der Waals surface area contributed by atoms with Crippen molar-refractivity contribution in [2.45, 2.75) is 20.8 Å². The van der Waals surface area contributed by atoms with Gasteiger partial charge in [0.15, 0.2) is 0 Å². The molecule has 7 heteroatoms. The van der Waals surface area contributed by atoms with Crippen molar-refractivity contribution in [1.29, 1.82) is 0 Å². The Kier molecular flexibility index (Phi) is 5.55. The summed E-state index contributed by atoms with van der Waals surface area (Å²) < 4.78 is 5.06. The van der Waals surface area contributed by atoms with Crippen molar-refractivity contribution in [3.63, 3.8) is 0 Å². The van der Waals surface area contributed by atoms with Crippen molar-refractivity contribution < 1.29 is 9.53 Å². The molecule has 0 saturated carbocycles. The Bertz CT molecular complexity index is 772. The van der Waals surface area contributed by atoms with E-state index in [0.29, 0.717) is 19.7 Å². The molecular weight excluding hydrogens is 330 g/mol. The zero-order valence-electron chi connectivity index (χ0n) is 15.5. The fraction of sp³-hybridized carbons (Fsp3) is 0.421. The van der Waals surface area contributed by atoms with Crippen molar-refractivity contribution in [1.82, 2.24) is 14.9 Å². The summed E-state index contributed by atoms with van der Waals surface area (Å²) in [7, 11) is 0. The van der Waals surface area contributed by atoms with Crippen LogP contribution in [0.2, 0.25) is 0 Å². The minimum atomic E-state index is -0.243. The quantitative estimate of drug-likeness (QED) is 0.909. The van der Waals surface area contributed by atoms with E-state index < -0.39 is 0 Å². The number of ether oxygens (including phenoxy) is 1. The van der Waals surface area contributed by atoms with Gasteiger partial charge in [0.25, 0.3) is 0 Å². The molecule has 3 rings (SSSR count). The first-order valence-electron chi connectivity index (χ1n) is 8.90. The van der Waals surface area contributed by atoms with Gasteiger partial charge in [-0.15, -0.1) is 0 Å². The monoisotopic (exact) mass is 355 g/mol. The number of nitrogens with zero attached hydrogens (tertiary/aromatic N) is 4. The van der Waals surface area contributed by atoms with E-state index in [9.17, 15) is 4.79 Å². The van der Waals surface area contributed by atoms with Crippen LogP contribution >= 0.6 is 0 Å². The number of amides is 1. The minimum absolute atomic E-state index is 0.243. The number of hydrogen-bond acceptors (Lipinski definition) is 6. The molecule has 0 bridgehead atoms. The predicted octanol–water partition coefficient (Wildman–Crippen LogP) is 3.12. The molecule has 0 atom stereocenters. The molecule has 0 spiro atoms. The number of carbonyl (C=O) groups excluding carboxylic acids is 1. The lowest BCUT2D eigenvalue weighted by Gasteiger charge is -2.34. The molecule has 1 aromatic heterocycles. The Balaban J connectivity index is 1.65. The van der Waals surface area contributed by atoms with E-state index >= 15 is 0 Å². The maximum absolute atomic E-state index is 11.8. The van der Waals surface area contributed by atoms with Crippen LogP contribution in [-0.4, -0.2) is 53.7 Å². The van der Waals surface area contributed by atoms with E-state index in [-0.39, 0.29) is 6.09 Å². The van der Waals surface area contributed by atoms with Gasteiger partial charge in [-0.25, -0.2) is 14.8 Å². The number of hydrogen-bond donors (Lipinski definition) is 1. The minimum Gasteiger partial charge on any atom is -0.450 e. The molecule has 1 aliphatic heterocycles. The standard InChI is InChI=1S/C19H25N5O2/c1-4-26-19(25)24-9-7-23(8-10-24)18-12-17(20-13-21-18)22-16-6-5-14(2)11-15(16)3/h5-6,11-13H,4,7-10H2,1-3H3,(H,20,21,22). The zero-order chi connectivity index (χ0) is 18.5. The molecule has 0 unspecified atom stereocenters. The third-order valence-electron chi connectivity index (χ3n) is 4.43. The number of rotatable bonds is 4. The maximum atomic E-state index is 11.8. The topological polar surface area (TPSA) is 70.6 Å². The van der Waals surface area contributed by atoms with Gasteiger partial charge in [-0.05, 0) is 32.4 Å². The average molecular weight is 355 g/mol. The first-order chi connectivity index (χ1) is 12.6. The summed E-state index contributed by atoms with van der Waals surface area (Å²) in [5, 5.41) is 3.36. The molecule has 1 N–H and O–H groups in total. The molecule has 1 saturated heterocycles. The lowest BCUT2D eigenvalue weighted by Crippen LogP contribution is -2.49. The summed E-state index contributed by atoms with van der Waals surface area (Å²) in [5.74, 6) is 1.62. The highest BCUT2D eigenvalue weighted by atomic mass is 16.6. The summed E-state index contributed by atoms with van der Waals surface area (Å²) in [5.41, 5.74) is 3.44. The molecule has 138 valence electrons. The van der Waals surface area contributed by atoms with Crippen LogP contribution in [0.3, 0.4) is 0 Å². The molecule has 1 fully saturated rings. The predicted molar refractivity (Wildman–Crippen MR) is 102 cm³/mol. The average Bonchev–Trinajstić information content (AvgIpc) is 2.65. The van der Waals surface area contributed by atoms with Gasteiger partial charge in [-0.1, -0.05) is 17.7 Å². The van der Waals surface area contributed by atoms with Gasteiger partial charge in [0.2, 0.25) is 0 Å². The second kappa shape index (κ2) is 8.03. The third-order valence-corrected chi connectivity index (χ3v) is 4.43. The van der Waals surface area contributed by atoms with Gasteiger partial charge in [0, 0.05) is 37.9 Å². The van der Waals surface area contributed by atoms with Crippen molar-refractivity contribution in [2.75, 3.05) is 43.0 Å². The number of benzene rings is 1. The van der Waals surface area contributed by atoms with E-state index in [1.807, 2.05) is 13.0 Å². The Morgan fingerprint density at radius 1 is 1.15 bits per heavy atom. The Hall–Kier alpha value is -2.83. The van der Waals surface area contributed by atoms with Crippen molar-refractivity contribution in [2.24, 2.45) is 0 Å². The first kappa shape index (κ1) is 18.0. The second-order valence-corrected chi connectivity index (χ2v) is 6.38. The fourth-order valence-corrected chi connectivity index (χ4v) is 3.01. The molecule has 0 aliphatic carbocycles. The highest BCUT2D eigenvalue weighted by Crippen LogP contribution is 2.22. The highest BCUT2D eigenvalue weighted by molar-refractivity contribution is 5.68. The number of nitrogens with one attached hydrogen (secondary N) is 1. The summed E-state index contributed by atoms with van der Waals surface area (Å²) >= 11 is 0. The van der Waals surface area contributed by atoms with Gasteiger partial charge in [0.1, 0.15) is 18.0 Å². The molecule has 0 radical (unpaired) electrons. The summed E-state index contributed by atoms with van der Waals surface area (Å²) in [6.45, 7) is 9.07. The summed E-state index contributed by atoms with van der Waals surface area (Å²) in [6, 6.07) is 8.22. The van der Waals surface area contributed by atoms with E-state index in [2.05, 4.69) is 52.2 Å². The van der Waals surface area contributed by atoms with Crippen LogP contribution in [-0.2, 0) is 4.74 Å². The van der Waals surface area contributed by atoms with Gasteiger partial charge in [-0.3, -0.25) is 0 Å². The molecular formula is C19H25N5O2. The van der Waals surface area contributed by atoms with E-state index in [1.54, 1.807) is 11.2 Å². The molecule has 2 aromatic rings. The number of carbonyl (C=O) groups is 1. The largest absolute Gasteiger partial charge is 0.450 e. The number of anilines is 3. The number of aryl methyl sites for hydroxylation is 2. The van der Waals surface area contributed by atoms with Crippen molar-refractivity contribution in [3.05, 3.63) is 41.7 Å². The normalized spacial score (nSPS) is 14.3. The van der Waals surface area contributed by atoms with E-state index in [0.717, 1.165) is 30.4 Å². The molecule has 1 amide bonds. The molecule has 7 nitrogen and oxygen atoms in total. The molecule has 26 heavy (non-hydrogen) atoms. The lowest BCUT2D eigenvalue weighted by molar-refractivity contribution is 0.105. The van der Waals surface area contributed by atoms with E-state index in [4.69, 9.17) is 4.74 Å². The van der Waals surface area contributed by atoms with Crippen LogP contribution < -0.4 is 10.2 Å². The van der Waals surface area contributed by atoms with Gasteiger partial charge >= 0.3 is 6.09 Å². The highest BCUT2D eigenvalue weighted by Gasteiger charge is 2.22. The van der Waals surface area contributed by atoms with Crippen LogP contribution in [0, 0.1) is 13.8 Å². The number of aromatic nitrogens is 2.